The third-order valence-electron chi connectivity index (χ3n) is 7.46. The van der Waals surface area contributed by atoms with Crippen LogP contribution in [0.5, 0.6) is 0 Å². The number of nitrogens with zero attached hydrogens (tertiary/aromatic N) is 4. The molecular weight excluding hydrogens is 460 g/mol. The standard InChI is InChI=1S/C25H32N8OS/c1-25(6-4-5-19-21(25)17(15-26)23(28)35-19)24(34)31-22(27)18-13-16(32-11-7-29-8-12-32)14-20(30-18)33-9-2-3-10-33/h13-14,29H,2-12,28H2,1H3,(H2,27,31,34). The summed E-state index contributed by atoms with van der Waals surface area (Å²) in [4.78, 5) is 24.0. The van der Waals surface area contributed by atoms with E-state index in [-0.39, 0.29) is 11.7 Å². The molecule has 2 aromatic rings. The molecule has 0 bridgehead atoms. The van der Waals surface area contributed by atoms with E-state index in [9.17, 15) is 10.1 Å². The summed E-state index contributed by atoms with van der Waals surface area (Å²) in [5.74, 6) is 0.563. The van der Waals surface area contributed by atoms with Crippen LogP contribution >= 0.6 is 11.3 Å². The Kier molecular flexibility index (Phi) is 6.38. The van der Waals surface area contributed by atoms with Crippen molar-refractivity contribution in [2.75, 3.05) is 54.8 Å². The van der Waals surface area contributed by atoms with E-state index in [0.29, 0.717) is 22.7 Å². The zero-order valence-electron chi connectivity index (χ0n) is 20.1. The molecule has 2 saturated heterocycles. The fourth-order valence-corrected chi connectivity index (χ4v) is 6.67. The number of aryl methyl sites for hydroxylation is 1. The number of nitrogens with one attached hydrogen (secondary N) is 3. The molecule has 2 aromatic heterocycles. The van der Waals surface area contributed by atoms with Gasteiger partial charge in [-0.1, -0.05) is 0 Å². The number of amidine groups is 1. The molecule has 184 valence electrons. The first kappa shape index (κ1) is 23.6. The minimum atomic E-state index is -0.910. The van der Waals surface area contributed by atoms with Gasteiger partial charge in [0, 0.05) is 61.5 Å². The van der Waals surface area contributed by atoms with E-state index >= 15 is 0 Å². The molecule has 1 amide bonds. The number of hydrogen-bond acceptors (Lipinski definition) is 9. The molecule has 1 atom stereocenters. The van der Waals surface area contributed by atoms with Crippen LogP contribution in [0.25, 0.3) is 0 Å². The Balaban J connectivity index is 1.44. The Bertz CT molecular complexity index is 1190. The van der Waals surface area contributed by atoms with Crippen molar-refractivity contribution >= 4 is 39.6 Å². The molecule has 0 radical (unpaired) electrons. The molecule has 0 saturated carbocycles. The summed E-state index contributed by atoms with van der Waals surface area (Å²) in [6, 6.07) is 6.22. The predicted molar refractivity (Wildman–Crippen MR) is 139 cm³/mol. The number of amides is 1. The summed E-state index contributed by atoms with van der Waals surface area (Å²) in [5, 5.41) is 25.2. The fraction of sp³-hybridized carbons (Fsp3) is 0.520. The van der Waals surface area contributed by atoms with Gasteiger partial charge in [0.15, 0.2) is 5.84 Å². The minimum Gasteiger partial charge on any atom is -0.389 e. The van der Waals surface area contributed by atoms with Crippen LogP contribution in [-0.2, 0) is 16.6 Å². The van der Waals surface area contributed by atoms with Gasteiger partial charge in [0.05, 0.1) is 11.0 Å². The number of pyridine rings is 1. The highest BCUT2D eigenvalue weighted by Crippen LogP contribution is 2.45. The van der Waals surface area contributed by atoms with Gasteiger partial charge in [-0.15, -0.1) is 11.3 Å². The molecule has 2 fully saturated rings. The van der Waals surface area contributed by atoms with Crippen molar-refractivity contribution in [3.63, 3.8) is 0 Å². The first-order valence-corrected chi connectivity index (χ1v) is 13.2. The van der Waals surface area contributed by atoms with E-state index in [4.69, 9.17) is 16.1 Å². The Morgan fingerprint density at radius 3 is 2.69 bits per heavy atom. The first-order chi connectivity index (χ1) is 16.9. The van der Waals surface area contributed by atoms with Crippen molar-refractivity contribution in [1.29, 1.82) is 10.7 Å². The number of nitrogen functional groups attached to an aromatic ring is 1. The number of aromatic nitrogens is 1. The van der Waals surface area contributed by atoms with Crippen LogP contribution in [0.15, 0.2) is 12.1 Å². The second-order valence-corrected chi connectivity index (χ2v) is 10.9. The number of thiophene rings is 1. The van der Waals surface area contributed by atoms with Gasteiger partial charge in [-0.05, 0) is 45.1 Å². The lowest BCUT2D eigenvalue weighted by molar-refractivity contribution is -0.125. The van der Waals surface area contributed by atoms with Gasteiger partial charge in [-0.2, -0.15) is 5.26 Å². The number of carbonyl (C=O) groups is 1. The van der Waals surface area contributed by atoms with E-state index in [2.05, 4.69) is 32.6 Å². The topological polar surface area (TPSA) is 134 Å². The molecule has 1 aliphatic carbocycles. The quantitative estimate of drug-likeness (QED) is 0.380. The molecular formula is C25H32N8OS. The van der Waals surface area contributed by atoms with Gasteiger partial charge in [-0.25, -0.2) is 4.98 Å². The number of piperazine rings is 1. The third kappa shape index (κ3) is 4.34. The summed E-state index contributed by atoms with van der Waals surface area (Å²) >= 11 is 1.40. The number of nitriles is 1. The predicted octanol–water partition coefficient (Wildman–Crippen LogP) is 2.34. The minimum absolute atomic E-state index is 0.0116. The summed E-state index contributed by atoms with van der Waals surface area (Å²) in [6.45, 7) is 7.37. The van der Waals surface area contributed by atoms with Crippen LogP contribution in [0.2, 0.25) is 0 Å². The zero-order chi connectivity index (χ0) is 24.6. The second kappa shape index (κ2) is 9.47. The summed E-state index contributed by atoms with van der Waals surface area (Å²) < 4.78 is 0. The molecule has 4 heterocycles. The van der Waals surface area contributed by atoms with Crippen molar-refractivity contribution in [1.82, 2.24) is 15.6 Å². The number of hydrogen-bond donors (Lipinski definition) is 4. The Hall–Kier alpha value is -3.16. The highest BCUT2D eigenvalue weighted by atomic mass is 32.1. The molecule has 5 rings (SSSR count). The van der Waals surface area contributed by atoms with Crippen LogP contribution < -0.4 is 26.2 Å². The fourth-order valence-electron chi connectivity index (χ4n) is 5.48. The Morgan fingerprint density at radius 1 is 1.23 bits per heavy atom. The van der Waals surface area contributed by atoms with E-state index in [1.165, 1.54) is 11.3 Å². The second-order valence-electron chi connectivity index (χ2n) is 9.77. The lowest BCUT2D eigenvalue weighted by atomic mass is 9.72. The SMILES string of the molecule is CC1(C(=O)NC(=N)c2cc(N3CCNCC3)cc(N3CCCC3)n2)CCCc2sc(N)c(C#N)c21. The van der Waals surface area contributed by atoms with Crippen molar-refractivity contribution in [3.8, 4) is 6.07 Å². The first-order valence-electron chi connectivity index (χ1n) is 12.4. The summed E-state index contributed by atoms with van der Waals surface area (Å²) in [6.07, 6.45) is 4.53. The van der Waals surface area contributed by atoms with Crippen molar-refractivity contribution in [2.24, 2.45) is 0 Å². The molecule has 2 aliphatic heterocycles. The Morgan fingerprint density at radius 2 is 1.97 bits per heavy atom. The lowest BCUT2D eigenvalue weighted by Crippen LogP contribution is -2.47. The molecule has 1 unspecified atom stereocenters. The van der Waals surface area contributed by atoms with E-state index in [0.717, 1.165) is 86.9 Å². The van der Waals surface area contributed by atoms with E-state index in [1.54, 1.807) is 0 Å². The van der Waals surface area contributed by atoms with Gasteiger partial charge >= 0.3 is 0 Å². The van der Waals surface area contributed by atoms with Crippen LogP contribution in [0.3, 0.4) is 0 Å². The summed E-state index contributed by atoms with van der Waals surface area (Å²) in [7, 11) is 0. The monoisotopic (exact) mass is 492 g/mol. The number of anilines is 3. The summed E-state index contributed by atoms with van der Waals surface area (Å²) in [5.41, 5.74) is 7.83. The average Bonchev–Trinajstić information content (AvgIpc) is 3.52. The molecule has 0 aromatic carbocycles. The van der Waals surface area contributed by atoms with Gasteiger partial charge in [-0.3, -0.25) is 10.2 Å². The molecule has 3 aliphatic rings. The van der Waals surface area contributed by atoms with E-state index in [1.807, 2.05) is 13.0 Å². The van der Waals surface area contributed by atoms with Crippen molar-refractivity contribution in [3.05, 3.63) is 33.8 Å². The highest BCUT2D eigenvalue weighted by Gasteiger charge is 2.43. The van der Waals surface area contributed by atoms with Gasteiger partial charge in [0.2, 0.25) is 5.91 Å². The van der Waals surface area contributed by atoms with Crippen molar-refractivity contribution < 1.29 is 4.79 Å². The average molecular weight is 493 g/mol. The van der Waals surface area contributed by atoms with E-state index < -0.39 is 5.41 Å². The van der Waals surface area contributed by atoms with Gasteiger partial charge in [0.1, 0.15) is 22.6 Å². The van der Waals surface area contributed by atoms with Gasteiger partial charge in [0.25, 0.3) is 0 Å². The molecule has 9 nitrogen and oxygen atoms in total. The molecule has 10 heteroatoms. The lowest BCUT2D eigenvalue weighted by Gasteiger charge is -2.33. The molecule has 5 N–H and O–H groups in total. The van der Waals surface area contributed by atoms with Crippen molar-refractivity contribution in [2.45, 2.75) is 44.4 Å². The maximum atomic E-state index is 13.6. The largest absolute Gasteiger partial charge is 0.389 e. The normalized spacial score (nSPS) is 21.9. The zero-order valence-corrected chi connectivity index (χ0v) is 20.9. The number of rotatable bonds is 4. The third-order valence-corrected chi connectivity index (χ3v) is 8.54. The van der Waals surface area contributed by atoms with Crippen LogP contribution in [-0.4, -0.2) is 56.0 Å². The molecule has 35 heavy (non-hydrogen) atoms. The Labute approximate surface area is 209 Å². The van der Waals surface area contributed by atoms with Crippen LogP contribution in [0, 0.1) is 16.7 Å². The highest BCUT2D eigenvalue weighted by molar-refractivity contribution is 7.16. The maximum absolute atomic E-state index is 13.6. The molecule has 0 spiro atoms. The smallest absolute Gasteiger partial charge is 0.236 e. The maximum Gasteiger partial charge on any atom is 0.236 e. The number of carbonyl (C=O) groups excluding carboxylic acids is 1. The van der Waals surface area contributed by atoms with Crippen LogP contribution in [0.4, 0.5) is 16.5 Å². The van der Waals surface area contributed by atoms with Crippen LogP contribution in [0.1, 0.15) is 54.3 Å². The number of nitrogens with two attached hydrogens (primary N) is 1. The number of fused-ring (bicyclic) bond motifs is 1. The van der Waals surface area contributed by atoms with Gasteiger partial charge < -0.3 is 26.2 Å².